The van der Waals surface area contributed by atoms with Gasteiger partial charge in [-0.2, -0.15) is 0 Å². The van der Waals surface area contributed by atoms with Gasteiger partial charge in [-0.1, -0.05) is 0 Å². The van der Waals surface area contributed by atoms with E-state index in [1.54, 1.807) is 0 Å². The molecule has 6 nitrogen and oxygen atoms in total. The van der Waals surface area contributed by atoms with Crippen molar-refractivity contribution in [1.29, 1.82) is 0 Å². The van der Waals surface area contributed by atoms with E-state index in [0.29, 0.717) is 13.2 Å². The minimum atomic E-state index is -0.338. The summed E-state index contributed by atoms with van der Waals surface area (Å²) in [6, 6.07) is 25.5. The predicted octanol–water partition coefficient (Wildman–Crippen LogP) is 7.20. The molecule has 250 valence electrons. The fourth-order valence-electron chi connectivity index (χ4n) is 5.21. The van der Waals surface area contributed by atoms with Gasteiger partial charge in [0, 0.05) is 0 Å². The number of rotatable bonds is 12. The number of hydrogen-bond acceptors (Lipinski definition) is 6. The molecular weight excluding hydrogens is 1160 g/mol. The number of ether oxygens (including phenoxy) is 6. The van der Waals surface area contributed by atoms with Crippen LogP contribution in [0.1, 0.15) is 49.7 Å². The molecule has 2 aliphatic heterocycles. The molecule has 0 amide bonds. The summed E-state index contributed by atoms with van der Waals surface area (Å²) in [4.78, 5) is 0. The average molecular weight is 1200 g/mol. The molecule has 6 rings (SSSR count). The van der Waals surface area contributed by atoms with Gasteiger partial charge in [0.2, 0.25) is 0 Å². The molecule has 47 heavy (non-hydrogen) atoms. The van der Waals surface area contributed by atoms with Crippen LogP contribution in [-0.2, 0) is 22.7 Å². The van der Waals surface area contributed by atoms with Gasteiger partial charge in [-0.25, -0.2) is 0 Å². The Labute approximate surface area is 341 Å². The summed E-state index contributed by atoms with van der Waals surface area (Å²) in [6.45, 7) is 2.39. The van der Waals surface area contributed by atoms with Gasteiger partial charge < -0.3 is 0 Å². The Bertz CT molecular complexity index is 1500. The first kappa shape index (κ1) is 36.4. The van der Waals surface area contributed by atoms with E-state index in [0.717, 1.165) is 100 Å². The van der Waals surface area contributed by atoms with Gasteiger partial charge in [-0.15, -0.1) is 0 Å². The van der Waals surface area contributed by atoms with Crippen LogP contribution in [0.4, 0.5) is 0 Å². The van der Waals surface area contributed by atoms with Gasteiger partial charge in [-0.05, 0) is 12.8 Å². The number of halogens is 5. The van der Waals surface area contributed by atoms with E-state index in [2.05, 4.69) is 163 Å². The summed E-state index contributed by atoms with van der Waals surface area (Å²) < 4.78 is 43.9. The third-order valence-electron chi connectivity index (χ3n) is 7.58. The number of benzene rings is 4. The van der Waals surface area contributed by atoms with Crippen LogP contribution >= 0.6 is 90.4 Å². The van der Waals surface area contributed by atoms with Gasteiger partial charge >= 0.3 is 333 Å². The second-order valence-electron chi connectivity index (χ2n) is 11.2. The summed E-state index contributed by atoms with van der Waals surface area (Å²) in [7, 11) is 0. The molecule has 4 aromatic carbocycles. The first-order valence-corrected chi connectivity index (χ1v) is 22.0. The van der Waals surface area contributed by atoms with Gasteiger partial charge in [0.25, 0.3) is 0 Å². The van der Waals surface area contributed by atoms with Crippen LogP contribution in [-0.4, -0.2) is 25.8 Å². The SMILES string of the molecule is Ic1cc(I)c(OC2CCCCO2)c(COc2ccc([I-]c3ccc(OCc4cc(I)cc(I)c4OC4CCCCO4)cc3)cc2)c1. The van der Waals surface area contributed by atoms with Crippen LogP contribution in [0.2, 0.25) is 0 Å². The van der Waals surface area contributed by atoms with Crippen molar-refractivity contribution in [2.45, 2.75) is 64.3 Å². The van der Waals surface area contributed by atoms with E-state index in [1.165, 1.54) is 7.14 Å². The fourth-order valence-corrected chi connectivity index (χ4v) is 11.6. The van der Waals surface area contributed by atoms with Crippen LogP contribution < -0.4 is 40.2 Å². The molecular formula is C36H34I5O6-. The molecule has 2 unspecified atom stereocenters. The first-order chi connectivity index (χ1) is 22.9. The Morgan fingerprint density at radius 1 is 0.574 bits per heavy atom. The molecule has 0 aliphatic carbocycles. The van der Waals surface area contributed by atoms with Gasteiger partial charge in [0.1, 0.15) is 0 Å². The molecule has 11 heteroatoms. The Hall–Kier alpha value is -0.350. The van der Waals surface area contributed by atoms with Crippen LogP contribution in [0.5, 0.6) is 23.0 Å². The van der Waals surface area contributed by atoms with E-state index in [1.807, 2.05) is 0 Å². The van der Waals surface area contributed by atoms with Crippen molar-refractivity contribution in [2.75, 3.05) is 13.2 Å². The van der Waals surface area contributed by atoms with Crippen molar-refractivity contribution in [2.24, 2.45) is 0 Å². The molecule has 0 saturated carbocycles. The quantitative estimate of drug-likeness (QED) is 0.140. The second kappa shape index (κ2) is 18.2. The van der Waals surface area contributed by atoms with Crippen molar-refractivity contribution in [3.05, 3.63) is 105 Å². The molecule has 2 heterocycles. The minimum absolute atomic E-state index is 0.189. The van der Waals surface area contributed by atoms with Crippen molar-refractivity contribution < 1.29 is 49.6 Å². The van der Waals surface area contributed by atoms with E-state index in [9.17, 15) is 0 Å². The zero-order chi connectivity index (χ0) is 32.6. The molecule has 0 aromatic heterocycles. The molecule has 2 fully saturated rings. The summed E-state index contributed by atoms with van der Waals surface area (Å²) in [5, 5.41) is 0. The second-order valence-corrected chi connectivity index (χ2v) is 19.0. The summed E-state index contributed by atoms with van der Waals surface area (Å²) in [5.41, 5.74) is 2.07. The molecule has 0 spiro atoms. The van der Waals surface area contributed by atoms with Crippen molar-refractivity contribution >= 4 is 90.4 Å². The molecule has 2 atom stereocenters. The van der Waals surface area contributed by atoms with Crippen LogP contribution in [0, 0.1) is 21.4 Å². The molecule has 0 bridgehead atoms. The van der Waals surface area contributed by atoms with Crippen molar-refractivity contribution in [3.63, 3.8) is 0 Å². The van der Waals surface area contributed by atoms with Crippen LogP contribution in [0.25, 0.3) is 0 Å². The molecule has 2 aliphatic rings. The Kier molecular flexibility index (Phi) is 14.1. The van der Waals surface area contributed by atoms with Gasteiger partial charge in [0.05, 0.1) is 0 Å². The van der Waals surface area contributed by atoms with Gasteiger partial charge in [-0.3, -0.25) is 0 Å². The van der Waals surface area contributed by atoms with Crippen molar-refractivity contribution in [1.82, 2.24) is 0 Å². The molecule has 0 N–H and O–H groups in total. The first-order valence-electron chi connectivity index (χ1n) is 15.5. The molecule has 0 radical (unpaired) electrons. The summed E-state index contributed by atoms with van der Waals surface area (Å²) in [5.74, 6) is 3.42. The average Bonchev–Trinajstić information content (AvgIpc) is 3.08. The van der Waals surface area contributed by atoms with Crippen LogP contribution in [0.15, 0.2) is 72.8 Å². The monoisotopic (exact) mass is 1200 g/mol. The van der Waals surface area contributed by atoms with Crippen molar-refractivity contribution in [3.8, 4) is 23.0 Å². The van der Waals surface area contributed by atoms with Gasteiger partial charge in [0.15, 0.2) is 0 Å². The fraction of sp³-hybridized carbons (Fsp3) is 0.333. The maximum absolute atomic E-state index is 6.31. The van der Waals surface area contributed by atoms with E-state index in [-0.39, 0.29) is 33.8 Å². The van der Waals surface area contributed by atoms with E-state index in [4.69, 9.17) is 28.4 Å². The normalized spacial score (nSPS) is 18.1. The Balaban J connectivity index is 1.03. The zero-order valence-corrected chi connectivity index (χ0v) is 36.3. The topological polar surface area (TPSA) is 55.4 Å². The summed E-state index contributed by atoms with van der Waals surface area (Å²) >= 11 is 9.05. The standard InChI is InChI=1S/C36H34I5O6/c37-25-17-23(35(31(39)19-25)46-33-5-1-3-15-42-33)21-44-29-11-7-27(8-12-29)41-28-9-13-30(14-10-28)45-22-24-18-26(38)20-32(40)36(24)47-34-6-2-4-16-43-34/h7-14,17-20,33-34H,1-6,15-16,21-22H2/q-1. The third-order valence-corrected chi connectivity index (χ3v) is 13.1. The van der Waals surface area contributed by atoms with E-state index >= 15 is 0 Å². The predicted molar refractivity (Wildman–Crippen MR) is 211 cm³/mol. The zero-order valence-electron chi connectivity index (χ0n) is 25.5. The maximum atomic E-state index is 6.31. The molecule has 4 aromatic rings. The van der Waals surface area contributed by atoms with Crippen LogP contribution in [0.3, 0.4) is 0 Å². The third kappa shape index (κ3) is 10.8. The number of hydrogen-bond donors (Lipinski definition) is 0. The summed E-state index contributed by atoms with van der Waals surface area (Å²) in [6.07, 6.45) is 5.91. The van der Waals surface area contributed by atoms with E-state index < -0.39 is 0 Å². The molecule has 2 saturated heterocycles. The Morgan fingerprint density at radius 2 is 1.00 bits per heavy atom. The Morgan fingerprint density at radius 3 is 1.38 bits per heavy atom.